The van der Waals surface area contributed by atoms with Crippen LogP contribution < -0.4 is 20.7 Å². The van der Waals surface area contributed by atoms with Gasteiger partial charge in [-0.15, -0.1) is 24.0 Å². The second-order valence-electron chi connectivity index (χ2n) is 5.58. The molecule has 2 aromatic rings. The second kappa shape index (κ2) is 12.2. The second-order valence-corrected chi connectivity index (χ2v) is 5.58. The van der Waals surface area contributed by atoms with Crippen LogP contribution in [0, 0.1) is 6.92 Å². The number of furan rings is 1. The van der Waals surface area contributed by atoms with Gasteiger partial charge in [0.2, 0.25) is 0 Å². The third-order valence-electron chi connectivity index (χ3n) is 3.55. The molecule has 1 aromatic carbocycles. The number of nitrogens with one attached hydrogen (secondary N) is 3. The van der Waals surface area contributed by atoms with Gasteiger partial charge < -0.3 is 25.1 Å². The molecule has 0 aliphatic rings. The van der Waals surface area contributed by atoms with Crippen LogP contribution in [-0.4, -0.2) is 38.6 Å². The van der Waals surface area contributed by atoms with Gasteiger partial charge in [0.15, 0.2) is 11.7 Å². The van der Waals surface area contributed by atoms with Gasteiger partial charge in [-0.2, -0.15) is 8.78 Å². The minimum absolute atomic E-state index is 0. The third-order valence-corrected chi connectivity index (χ3v) is 3.55. The van der Waals surface area contributed by atoms with Crippen molar-refractivity contribution < 1.29 is 22.7 Å². The average molecular weight is 508 g/mol. The Labute approximate surface area is 178 Å². The lowest BCUT2D eigenvalue weighted by molar-refractivity contribution is -0.0504. The van der Waals surface area contributed by atoms with E-state index in [2.05, 4.69) is 25.7 Å². The van der Waals surface area contributed by atoms with E-state index in [9.17, 15) is 13.6 Å². The van der Waals surface area contributed by atoms with Crippen LogP contribution in [0.25, 0.3) is 0 Å². The topological polar surface area (TPSA) is 87.9 Å². The molecule has 0 saturated heterocycles. The number of amides is 1. The SMILES string of the molecule is CN=C(NCCNC(=O)c1ccco1)NCc1cc(C)ccc1OC(F)F.I. The van der Waals surface area contributed by atoms with E-state index in [1.165, 1.54) is 12.3 Å². The molecule has 0 aliphatic carbocycles. The number of rotatable bonds is 8. The fourth-order valence-corrected chi connectivity index (χ4v) is 2.31. The summed E-state index contributed by atoms with van der Waals surface area (Å²) >= 11 is 0. The van der Waals surface area contributed by atoms with Crippen molar-refractivity contribution in [3.8, 4) is 5.75 Å². The van der Waals surface area contributed by atoms with Crippen LogP contribution in [0.1, 0.15) is 21.7 Å². The summed E-state index contributed by atoms with van der Waals surface area (Å²) in [6.07, 6.45) is 1.43. The Morgan fingerprint density at radius 3 is 2.61 bits per heavy atom. The summed E-state index contributed by atoms with van der Waals surface area (Å²) in [6, 6.07) is 8.19. The first kappa shape index (κ1) is 23.7. The van der Waals surface area contributed by atoms with Crippen molar-refractivity contribution in [2.75, 3.05) is 20.1 Å². The molecule has 1 aromatic heterocycles. The van der Waals surface area contributed by atoms with E-state index < -0.39 is 6.61 Å². The maximum Gasteiger partial charge on any atom is 0.387 e. The van der Waals surface area contributed by atoms with E-state index in [4.69, 9.17) is 4.42 Å². The van der Waals surface area contributed by atoms with Crippen LogP contribution in [0.3, 0.4) is 0 Å². The number of halogens is 3. The number of nitrogens with zero attached hydrogens (tertiary/aromatic N) is 1. The normalized spacial score (nSPS) is 11.0. The number of benzene rings is 1. The van der Waals surface area contributed by atoms with Crippen molar-refractivity contribution in [1.29, 1.82) is 0 Å². The minimum Gasteiger partial charge on any atom is -0.459 e. The van der Waals surface area contributed by atoms with E-state index in [-0.39, 0.29) is 47.9 Å². The van der Waals surface area contributed by atoms with E-state index >= 15 is 0 Å². The molecule has 154 valence electrons. The molecule has 3 N–H and O–H groups in total. The Bertz CT molecular complexity index is 770. The van der Waals surface area contributed by atoms with Crippen LogP contribution in [0.2, 0.25) is 0 Å². The van der Waals surface area contributed by atoms with Gasteiger partial charge in [-0.1, -0.05) is 17.7 Å². The van der Waals surface area contributed by atoms with Crippen LogP contribution in [-0.2, 0) is 6.54 Å². The van der Waals surface area contributed by atoms with Crippen molar-refractivity contribution in [1.82, 2.24) is 16.0 Å². The van der Waals surface area contributed by atoms with Crippen LogP contribution in [0.15, 0.2) is 46.0 Å². The minimum atomic E-state index is -2.89. The molecule has 1 amide bonds. The summed E-state index contributed by atoms with van der Waals surface area (Å²) in [5.74, 6) is 0.512. The molecule has 2 rings (SSSR count). The first-order valence-electron chi connectivity index (χ1n) is 8.30. The number of alkyl halides is 2. The van der Waals surface area contributed by atoms with Crippen molar-refractivity contribution in [2.24, 2.45) is 4.99 Å². The summed E-state index contributed by atoms with van der Waals surface area (Å²) in [4.78, 5) is 15.8. The van der Waals surface area contributed by atoms with Crippen molar-refractivity contribution >= 4 is 35.8 Å². The van der Waals surface area contributed by atoms with E-state index in [0.29, 0.717) is 24.6 Å². The van der Waals surface area contributed by atoms with Gasteiger partial charge in [-0.05, 0) is 25.1 Å². The highest BCUT2D eigenvalue weighted by Gasteiger charge is 2.11. The summed E-state index contributed by atoms with van der Waals surface area (Å²) in [7, 11) is 1.59. The van der Waals surface area contributed by atoms with Crippen LogP contribution in [0.5, 0.6) is 5.75 Å². The first-order chi connectivity index (χ1) is 13.0. The number of ether oxygens (including phenoxy) is 1. The molecule has 7 nitrogen and oxygen atoms in total. The van der Waals surface area contributed by atoms with E-state index in [1.807, 2.05) is 6.92 Å². The molecule has 0 fully saturated rings. The molecule has 10 heteroatoms. The zero-order valence-electron chi connectivity index (χ0n) is 15.5. The average Bonchev–Trinajstić information content (AvgIpc) is 3.17. The van der Waals surface area contributed by atoms with Crippen LogP contribution in [0.4, 0.5) is 8.78 Å². The Morgan fingerprint density at radius 2 is 1.96 bits per heavy atom. The van der Waals surface area contributed by atoms with E-state index in [0.717, 1.165) is 5.56 Å². The molecule has 0 aliphatic heterocycles. The molecule has 0 radical (unpaired) electrons. The lowest BCUT2D eigenvalue weighted by Gasteiger charge is -2.15. The number of carbonyl (C=O) groups is 1. The third kappa shape index (κ3) is 7.71. The van der Waals surface area contributed by atoms with Crippen LogP contribution >= 0.6 is 24.0 Å². The lowest BCUT2D eigenvalue weighted by atomic mass is 10.1. The Morgan fingerprint density at radius 1 is 1.21 bits per heavy atom. The molecule has 0 unspecified atom stereocenters. The summed E-state index contributed by atoms with van der Waals surface area (Å²) in [5.41, 5.74) is 1.52. The zero-order valence-corrected chi connectivity index (χ0v) is 17.8. The number of aryl methyl sites for hydroxylation is 1. The monoisotopic (exact) mass is 508 g/mol. The Hall–Kier alpha value is -2.37. The summed E-state index contributed by atoms with van der Waals surface area (Å²) in [5, 5.41) is 8.74. The van der Waals surface area contributed by atoms with Gasteiger partial charge in [0.05, 0.1) is 6.26 Å². The Balaban J connectivity index is 0.00000392. The van der Waals surface area contributed by atoms with E-state index in [1.54, 1.807) is 31.3 Å². The largest absolute Gasteiger partial charge is 0.459 e. The predicted molar refractivity (Wildman–Crippen MR) is 112 cm³/mol. The van der Waals surface area contributed by atoms with Gasteiger partial charge in [0.1, 0.15) is 5.75 Å². The lowest BCUT2D eigenvalue weighted by Crippen LogP contribution is -2.41. The molecule has 0 spiro atoms. The maximum absolute atomic E-state index is 12.5. The molecular formula is C18H23F2IN4O3. The standard InChI is InChI=1S/C18H22F2N4O3.HI/c1-12-5-6-14(27-17(19)20)13(10-12)11-24-18(21-2)23-8-7-22-16(25)15-4-3-9-26-15;/h3-6,9-10,17H,7-8,11H2,1-2H3,(H,22,25)(H2,21,23,24);1H. The van der Waals surface area contributed by atoms with Crippen molar-refractivity contribution in [3.05, 3.63) is 53.5 Å². The smallest absolute Gasteiger partial charge is 0.387 e. The highest BCUT2D eigenvalue weighted by Crippen LogP contribution is 2.21. The summed E-state index contributed by atoms with van der Waals surface area (Å²) < 4.78 is 34.6. The van der Waals surface area contributed by atoms with Gasteiger partial charge in [-0.25, -0.2) is 0 Å². The van der Waals surface area contributed by atoms with Gasteiger partial charge in [0, 0.05) is 32.2 Å². The van der Waals surface area contributed by atoms with Gasteiger partial charge in [0.25, 0.3) is 5.91 Å². The maximum atomic E-state index is 12.5. The predicted octanol–water partition coefficient (Wildman–Crippen LogP) is 2.90. The molecule has 28 heavy (non-hydrogen) atoms. The number of hydrogen-bond acceptors (Lipinski definition) is 4. The highest BCUT2D eigenvalue weighted by atomic mass is 127. The highest BCUT2D eigenvalue weighted by molar-refractivity contribution is 14.0. The molecule has 1 heterocycles. The number of hydrogen-bond donors (Lipinski definition) is 3. The van der Waals surface area contributed by atoms with Crippen molar-refractivity contribution in [2.45, 2.75) is 20.1 Å². The van der Waals surface area contributed by atoms with Gasteiger partial charge >= 0.3 is 6.61 Å². The Kier molecular flexibility index (Phi) is 10.3. The summed E-state index contributed by atoms with van der Waals surface area (Å²) in [6.45, 7) is -0.00109. The zero-order chi connectivity index (χ0) is 19.6. The molecule has 0 atom stereocenters. The fraction of sp³-hybridized carbons (Fsp3) is 0.333. The molecular weight excluding hydrogens is 485 g/mol. The quantitative estimate of drug-likeness (QED) is 0.221. The molecule has 0 saturated carbocycles. The van der Waals surface area contributed by atoms with Gasteiger partial charge in [-0.3, -0.25) is 9.79 Å². The number of guanidine groups is 1. The van der Waals surface area contributed by atoms with Crippen molar-refractivity contribution in [3.63, 3.8) is 0 Å². The number of aliphatic imine (C=N–C) groups is 1. The molecule has 0 bridgehead atoms. The first-order valence-corrected chi connectivity index (χ1v) is 8.30. The fourth-order valence-electron chi connectivity index (χ4n) is 2.31. The number of carbonyl (C=O) groups excluding carboxylic acids is 1.